The van der Waals surface area contributed by atoms with Crippen molar-refractivity contribution < 1.29 is 4.74 Å². The van der Waals surface area contributed by atoms with Crippen molar-refractivity contribution in [2.45, 2.75) is 37.5 Å². The molecule has 1 atom stereocenters. The van der Waals surface area contributed by atoms with Crippen LogP contribution in [0.1, 0.15) is 24.8 Å². The Morgan fingerprint density at radius 2 is 1.93 bits per heavy atom. The van der Waals surface area contributed by atoms with Crippen LogP contribution in [0.4, 0.5) is 0 Å². The van der Waals surface area contributed by atoms with Gasteiger partial charge >= 0.3 is 0 Å². The highest BCUT2D eigenvalue weighted by atomic mass is 16.5. The number of ether oxygens (including phenoxy) is 1. The van der Waals surface area contributed by atoms with Crippen LogP contribution >= 0.6 is 0 Å². The quantitative estimate of drug-likeness (QED) is 0.749. The van der Waals surface area contributed by atoms with Gasteiger partial charge in [0.25, 0.3) is 0 Å². The molecular formula is C22H26N4O. The van der Waals surface area contributed by atoms with E-state index in [0.717, 1.165) is 62.2 Å². The summed E-state index contributed by atoms with van der Waals surface area (Å²) in [6, 6.07) is 17.5. The normalized spacial score (nSPS) is 21.9. The Bertz CT molecular complexity index is 911. The largest absolute Gasteiger partial charge is 0.373 e. The van der Waals surface area contributed by atoms with Gasteiger partial charge in [-0.3, -0.25) is 4.57 Å². The Labute approximate surface area is 159 Å². The molecule has 2 saturated heterocycles. The first kappa shape index (κ1) is 16.9. The lowest BCUT2D eigenvalue weighted by molar-refractivity contribution is -0.0338. The number of nitrogens with zero attached hydrogens (tertiary/aromatic N) is 2. The molecule has 3 heterocycles. The van der Waals surface area contributed by atoms with Gasteiger partial charge in [0.2, 0.25) is 0 Å². The minimum atomic E-state index is 0.0426. The van der Waals surface area contributed by atoms with Crippen LogP contribution in [0.3, 0.4) is 0 Å². The van der Waals surface area contributed by atoms with E-state index in [1.165, 1.54) is 5.56 Å². The molecule has 2 aromatic carbocycles. The molecule has 3 aromatic rings. The number of piperidine rings is 1. The van der Waals surface area contributed by atoms with Crippen molar-refractivity contribution in [1.29, 1.82) is 0 Å². The number of hydrogen-bond donors (Lipinski definition) is 2. The summed E-state index contributed by atoms with van der Waals surface area (Å²) in [6.45, 7) is 3.88. The summed E-state index contributed by atoms with van der Waals surface area (Å²) < 4.78 is 8.32. The molecular weight excluding hydrogens is 336 g/mol. The van der Waals surface area contributed by atoms with Gasteiger partial charge in [-0.05, 0) is 62.2 Å². The minimum Gasteiger partial charge on any atom is -0.373 e. The van der Waals surface area contributed by atoms with Gasteiger partial charge in [-0.25, -0.2) is 4.98 Å². The fourth-order valence-corrected chi connectivity index (χ4v) is 4.55. The Hall–Kier alpha value is -2.21. The van der Waals surface area contributed by atoms with E-state index in [-0.39, 0.29) is 5.60 Å². The first-order valence-corrected chi connectivity index (χ1v) is 9.94. The van der Waals surface area contributed by atoms with Crippen LogP contribution in [0, 0.1) is 0 Å². The molecule has 0 radical (unpaired) electrons. The summed E-state index contributed by atoms with van der Waals surface area (Å²) in [6.07, 6.45) is 5.22. The molecule has 1 unspecified atom stereocenters. The van der Waals surface area contributed by atoms with Crippen LogP contribution < -0.4 is 10.6 Å². The molecule has 27 heavy (non-hydrogen) atoms. The van der Waals surface area contributed by atoms with Crippen molar-refractivity contribution >= 4 is 11.0 Å². The van der Waals surface area contributed by atoms with E-state index in [9.17, 15) is 0 Å². The second-order valence-corrected chi connectivity index (χ2v) is 7.66. The van der Waals surface area contributed by atoms with E-state index < -0.39 is 0 Å². The van der Waals surface area contributed by atoms with E-state index in [0.29, 0.717) is 6.04 Å². The Morgan fingerprint density at radius 1 is 1.11 bits per heavy atom. The topological polar surface area (TPSA) is 51.1 Å². The molecule has 1 spiro atoms. The van der Waals surface area contributed by atoms with Gasteiger partial charge in [-0.2, -0.15) is 0 Å². The molecule has 2 fully saturated rings. The fourth-order valence-electron chi connectivity index (χ4n) is 4.55. The summed E-state index contributed by atoms with van der Waals surface area (Å²) in [5.41, 5.74) is 4.66. The van der Waals surface area contributed by atoms with Gasteiger partial charge in [0.1, 0.15) is 6.33 Å². The summed E-state index contributed by atoms with van der Waals surface area (Å²) in [4.78, 5) is 4.49. The number of para-hydroxylation sites is 2. The molecule has 2 aliphatic heterocycles. The maximum atomic E-state index is 6.18. The summed E-state index contributed by atoms with van der Waals surface area (Å²) in [5, 5.41) is 7.22. The van der Waals surface area contributed by atoms with Crippen molar-refractivity contribution in [3.05, 3.63) is 60.4 Å². The monoisotopic (exact) mass is 362 g/mol. The fraction of sp³-hybridized carbons (Fsp3) is 0.409. The minimum absolute atomic E-state index is 0.0426. The Kier molecular flexibility index (Phi) is 4.44. The first-order chi connectivity index (χ1) is 13.3. The predicted molar refractivity (Wildman–Crippen MR) is 107 cm³/mol. The summed E-state index contributed by atoms with van der Waals surface area (Å²) in [7, 11) is 0. The van der Waals surface area contributed by atoms with Crippen molar-refractivity contribution in [3.8, 4) is 5.69 Å². The number of rotatable bonds is 4. The highest BCUT2D eigenvalue weighted by Gasteiger charge is 2.44. The molecule has 5 nitrogen and oxygen atoms in total. The van der Waals surface area contributed by atoms with E-state index in [2.05, 4.69) is 56.6 Å². The standard InChI is InChI=1S/C22H26N4O/c1-2-4-20-19(3-1)25-16-26(20)18-7-5-17(6-8-18)15-24-21-9-14-27-22(21)10-12-23-13-11-22/h1-8,16,21,23-24H,9-15H2. The van der Waals surface area contributed by atoms with E-state index in [4.69, 9.17) is 4.74 Å². The lowest BCUT2D eigenvalue weighted by atomic mass is 9.85. The van der Waals surface area contributed by atoms with Crippen molar-refractivity contribution in [2.24, 2.45) is 0 Å². The second kappa shape index (κ2) is 7.08. The smallest absolute Gasteiger partial charge is 0.100 e. The van der Waals surface area contributed by atoms with E-state index >= 15 is 0 Å². The number of benzene rings is 2. The number of fused-ring (bicyclic) bond motifs is 1. The van der Waals surface area contributed by atoms with Gasteiger partial charge in [-0.15, -0.1) is 0 Å². The van der Waals surface area contributed by atoms with Gasteiger partial charge in [0, 0.05) is 24.9 Å². The van der Waals surface area contributed by atoms with Gasteiger partial charge < -0.3 is 15.4 Å². The number of hydrogen-bond acceptors (Lipinski definition) is 4. The number of imidazole rings is 1. The maximum Gasteiger partial charge on any atom is 0.100 e. The lowest BCUT2D eigenvalue weighted by Gasteiger charge is -2.38. The van der Waals surface area contributed by atoms with E-state index in [1.807, 2.05) is 18.5 Å². The molecule has 5 rings (SSSR count). The van der Waals surface area contributed by atoms with Crippen LogP contribution in [0.25, 0.3) is 16.7 Å². The highest BCUT2D eigenvalue weighted by Crippen LogP contribution is 2.34. The van der Waals surface area contributed by atoms with Gasteiger partial charge in [0.05, 0.1) is 16.6 Å². The third-order valence-corrected chi connectivity index (χ3v) is 6.10. The van der Waals surface area contributed by atoms with Crippen molar-refractivity contribution in [2.75, 3.05) is 19.7 Å². The molecule has 0 aliphatic carbocycles. The van der Waals surface area contributed by atoms with E-state index in [1.54, 1.807) is 0 Å². The predicted octanol–water partition coefficient (Wildman–Crippen LogP) is 3.03. The van der Waals surface area contributed by atoms with Crippen LogP contribution in [-0.4, -0.2) is 40.9 Å². The van der Waals surface area contributed by atoms with Crippen molar-refractivity contribution in [3.63, 3.8) is 0 Å². The molecule has 0 saturated carbocycles. The zero-order valence-electron chi connectivity index (χ0n) is 15.5. The SMILES string of the molecule is c1ccc2c(c1)ncn2-c1ccc(CNC2CCOC23CCNCC3)cc1. The number of aromatic nitrogens is 2. The van der Waals surface area contributed by atoms with Crippen LogP contribution in [0.15, 0.2) is 54.9 Å². The molecule has 2 N–H and O–H groups in total. The van der Waals surface area contributed by atoms with Gasteiger partial charge in [0.15, 0.2) is 0 Å². The summed E-state index contributed by atoms with van der Waals surface area (Å²) >= 11 is 0. The van der Waals surface area contributed by atoms with Gasteiger partial charge in [-0.1, -0.05) is 24.3 Å². The van der Waals surface area contributed by atoms with Crippen LogP contribution in [-0.2, 0) is 11.3 Å². The second-order valence-electron chi connectivity index (χ2n) is 7.66. The number of nitrogens with one attached hydrogen (secondary N) is 2. The lowest BCUT2D eigenvalue weighted by Crippen LogP contribution is -2.53. The highest BCUT2D eigenvalue weighted by molar-refractivity contribution is 5.77. The zero-order valence-corrected chi connectivity index (χ0v) is 15.5. The maximum absolute atomic E-state index is 6.18. The molecule has 0 amide bonds. The van der Waals surface area contributed by atoms with Crippen LogP contribution in [0.5, 0.6) is 0 Å². The third-order valence-electron chi connectivity index (χ3n) is 6.10. The summed E-state index contributed by atoms with van der Waals surface area (Å²) in [5.74, 6) is 0. The first-order valence-electron chi connectivity index (χ1n) is 9.94. The van der Waals surface area contributed by atoms with Crippen LogP contribution in [0.2, 0.25) is 0 Å². The molecule has 0 bridgehead atoms. The average molecular weight is 362 g/mol. The molecule has 1 aromatic heterocycles. The zero-order chi connectivity index (χ0) is 18.1. The Morgan fingerprint density at radius 3 is 2.78 bits per heavy atom. The Balaban J connectivity index is 1.28. The average Bonchev–Trinajstić information content (AvgIpc) is 3.32. The third kappa shape index (κ3) is 3.16. The van der Waals surface area contributed by atoms with Crippen molar-refractivity contribution in [1.82, 2.24) is 20.2 Å². The molecule has 2 aliphatic rings. The molecule has 140 valence electrons. The molecule has 5 heteroatoms.